The fourth-order valence-corrected chi connectivity index (χ4v) is 1.21. The molecule has 0 atom stereocenters. The van der Waals surface area contributed by atoms with E-state index >= 15 is 0 Å². The standard InChI is InChI=1S/C12H17N3O3/c1-9-4-5-10(14-8-9)15-12(17)11(16)13-6-3-7-18-2/h4-5,8H,3,6-7H2,1-2H3,(H,13,16)(H,14,15,17). The van der Waals surface area contributed by atoms with Crippen molar-refractivity contribution in [2.24, 2.45) is 0 Å². The molecule has 0 aliphatic heterocycles. The van der Waals surface area contributed by atoms with Gasteiger partial charge in [-0.1, -0.05) is 6.07 Å². The Morgan fingerprint density at radius 1 is 1.33 bits per heavy atom. The third-order valence-electron chi connectivity index (χ3n) is 2.17. The van der Waals surface area contributed by atoms with Crippen molar-refractivity contribution >= 4 is 17.6 Å². The van der Waals surface area contributed by atoms with Crippen molar-refractivity contribution in [1.82, 2.24) is 10.3 Å². The molecular formula is C12H17N3O3. The number of carbonyl (C=O) groups excluding carboxylic acids is 2. The number of ether oxygens (including phenoxy) is 1. The monoisotopic (exact) mass is 251 g/mol. The molecule has 6 heteroatoms. The van der Waals surface area contributed by atoms with E-state index in [9.17, 15) is 9.59 Å². The van der Waals surface area contributed by atoms with E-state index in [4.69, 9.17) is 4.74 Å². The average Bonchev–Trinajstić information content (AvgIpc) is 2.37. The van der Waals surface area contributed by atoms with Crippen molar-refractivity contribution in [3.8, 4) is 0 Å². The SMILES string of the molecule is COCCCNC(=O)C(=O)Nc1ccc(C)cn1. The van der Waals surface area contributed by atoms with Crippen LogP contribution in [0.25, 0.3) is 0 Å². The fraction of sp³-hybridized carbons (Fsp3) is 0.417. The van der Waals surface area contributed by atoms with Gasteiger partial charge in [0.15, 0.2) is 0 Å². The quantitative estimate of drug-likeness (QED) is 0.589. The van der Waals surface area contributed by atoms with Crippen molar-refractivity contribution in [3.05, 3.63) is 23.9 Å². The number of nitrogens with zero attached hydrogens (tertiary/aromatic N) is 1. The zero-order valence-electron chi connectivity index (χ0n) is 10.5. The maximum Gasteiger partial charge on any atom is 0.314 e. The molecule has 18 heavy (non-hydrogen) atoms. The third kappa shape index (κ3) is 4.92. The van der Waals surface area contributed by atoms with Crippen LogP contribution in [0.5, 0.6) is 0 Å². The lowest BCUT2D eigenvalue weighted by Crippen LogP contribution is -2.36. The minimum Gasteiger partial charge on any atom is -0.385 e. The van der Waals surface area contributed by atoms with Crippen LogP contribution in [0.15, 0.2) is 18.3 Å². The van der Waals surface area contributed by atoms with Crippen LogP contribution in [-0.2, 0) is 14.3 Å². The highest BCUT2D eigenvalue weighted by molar-refractivity contribution is 6.39. The Bertz CT molecular complexity index is 404. The van der Waals surface area contributed by atoms with Crippen LogP contribution in [-0.4, -0.2) is 37.1 Å². The minimum absolute atomic E-state index is 0.359. The number of carbonyl (C=O) groups is 2. The summed E-state index contributed by atoms with van der Waals surface area (Å²) in [7, 11) is 1.58. The van der Waals surface area contributed by atoms with E-state index < -0.39 is 11.8 Å². The highest BCUT2D eigenvalue weighted by Gasteiger charge is 2.13. The highest BCUT2D eigenvalue weighted by atomic mass is 16.5. The van der Waals surface area contributed by atoms with Gasteiger partial charge in [0.25, 0.3) is 0 Å². The Hall–Kier alpha value is -1.95. The maximum absolute atomic E-state index is 11.5. The molecule has 0 unspecified atom stereocenters. The average molecular weight is 251 g/mol. The number of hydrogen-bond donors (Lipinski definition) is 2. The minimum atomic E-state index is -0.719. The molecule has 0 aliphatic rings. The van der Waals surface area contributed by atoms with Crippen LogP contribution in [0.2, 0.25) is 0 Å². The van der Waals surface area contributed by atoms with E-state index in [0.29, 0.717) is 25.4 Å². The molecule has 0 aliphatic carbocycles. The summed E-state index contributed by atoms with van der Waals surface area (Å²) in [6, 6.07) is 3.45. The summed E-state index contributed by atoms with van der Waals surface area (Å²) in [6.07, 6.45) is 2.28. The van der Waals surface area contributed by atoms with Gasteiger partial charge in [-0.15, -0.1) is 0 Å². The summed E-state index contributed by atoms with van der Waals surface area (Å²) < 4.78 is 4.83. The lowest BCUT2D eigenvalue weighted by molar-refractivity contribution is -0.136. The lowest BCUT2D eigenvalue weighted by atomic mass is 10.3. The Labute approximate surface area is 106 Å². The van der Waals surface area contributed by atoms with Crippen molar-refractivity contribution in [1.29, 1.82) is 0 Å². The normalized spacial score (nSPS) is 9.89. The van der Waals surface area contributed by atoms with E-state index in [1.54, 1.807) is 25.4 Å². The van der Waals surface area contributed by atoms with Gasteiger partial charge in [0.05, 0.1) is 0 Å². The fourth-order valence-electron chi connectivity index (χ4n) is 1.21. The molecule has 0 saturated heterocycles. The molecule has 0 saturated carbocycles. The van der Waals surface area contributed by atoms with Gasteiger partial charge in [-0.05, 0) is 25.0 Å². The second kappa shape index (κ2) is 7.39. The van der Waals surface area contributed by atoms with E-state index in [-0.39, 0.29) is 0 Å². The summed E-state index contributed by atoms with van der Waals surface area (Å²) in [5.74, 6) is -1.03. The van der Waals surface area contributed by atoms with Crippen LogP contribution >= 0.6 is 0 Å². The zero-order chi connectivity index (χ0) is 13.4. The van der Waals surface area contributed by atoms with Gasteiger partial charge in [0, 0.05) is 26.5 Å². The lowest BCUT2D eigenvalue weighted by Gasteiger charge is -2.05. The first-order valence-corrected chi connectivity index (χ1v) is 5.64. The molecular weight excluding hydrogens is 234 g/mol. The molecule has 0 bridgehead atoms. The summed E-state index contributed by atoms with van der Waals surface area (Å²) in [5.41, 5.74) is 0.983. The Kier molecular flexibility index (Phi) is 5.79. The van der Waals surface area contributed by atoms with E-state index in [2.05, 4.69) is 15.6 Å². The summed E-state index contributed by atoms with van der Waals surface area (Å²) in [4.78, 5) is 26.8. The number of pyridine rings is 1. The third-order valence-corrected chi connectivity index (χ3v) is 2.17. The van der Waals surface area contributed by atoms with Crippen molar-refractivity contribution in [3.63, 3.8) is 0 Å². The van der Waals surface area contributed by atoms with Crippen molar-refractivity contribution < 1.29 is 14.3 Å². The van der Waals surface area contributed by atoms with Crippen molar-refractivity contribution in [2.75, 3.05) is 25.6 Å². The molecule has 2 amide bonds. The molecule has 2 N–H and O–H groups in total. The summed E-state index contributed by atoms with van der Waals surface area (Å²) >= 11 is 0. The summed E-state index contributed by atoms with van der Waals surface area (Å²) in [6.45, 7) is 2.84. The van der Waals surface area contributed by atoms with Gasteiger partial charge in [-0.25, -0.2) is 4.98 Å². The first kappa shape index (κ1) is 14.1. The molecule has 1 aromatic rings. The smallest absolute Gasteiger partial charge is 0.314 e. The molecule has 0 aromatic carbocycles. The number of hydrogen-bond acceptors (Lipinski definition) is 4. The number of rotatable bonds is 5. The van der Waals surface area contributed by atoms with Gasteiger partial charge >= 0.3 is 11.8 Å². The number of anilines is 1. The topological polar surface area (TPSA) is 80.3 Å². The van der Waals surface area contributed by atoms with Gasteiger partial charge in [0.1, 0.15) is 5.82 Å². The van der Waals surface area contributed by atoms with Gasteiger partial charge in [0.2, 0.25) is 0 Å². The number of aromatic nitrogens is 1. The second-order valence-electron chi connectivity index (χ2n) is 3.78. The molecule has 0 radical (unpaired) electrons. The number of aryl methyl sites for hydroxylation is 1. The molecule has 0 spiro atoms. The summed E-state index contributed by atoms with van der Waals surface area (Å²) in [5, 5.41) is 4.91. The van der Waals surface area contributed by atoms with Crippen molar-refractivity contribution in [2.45, 2.75) is 13.3 Å². The van der Waals surface area contributed by atoms with Crippen LogP contribution in [0, 0.1) is 6.92 Å². The highest BCUT2D eigenvalue weighted by Crippen LogP contribution is 2.03. The van der Waals surface area contributed by atoms with Gasteiger partial charge in [-0.3, -0.25) is 9.59 Å². The molecule has 6 nitrogen and oxygen atoms in total. The zero-order valence-corrected chi connectivity index (χ0v) is 10.5. The number of nitrogens with one attached hydrogen (secondary N) is 2. The number of amides is 2. The molecule has 1 rings (SSSR count). The Morgan fingerprint density at radius 3 is 2.72 bits per heavy atom. The van der Waals surface area contributed by atoms with Crippen LogP contribution in [0.3, 0.4) is 0 Å². The van der Waals surface area contributed by atoms with Gasteiger partial charge in [-0.2, -0.15) is 0 Å². The van der Waals surface area contributed by atoms with Crippen LogP contribution < -0.4 is 10.6 Å². The molecule has 1 aromatic heterocycles. The first-order valence-electron chi connectivity index (χ1n) is 5.64. The predicted octanol–water partition coefficient (Wildman–Crippen LogP) is 0.481. The molecule has 0 fully saturated rings. The Balaban J connectivity index is 2.35. The maximum atomic E-state index is 11.5. The first-order chi connectivity index (χ1) is 8.63. The Morgan fingerprint density at radius 2 is 2.11 bits per heavy atom. The second-order valence-corrected chi connectivity index (χ2v) is 3.78. The van der Waals surface area contributed by atoms with E-state index in [0.717, 1.165) is 5.56 Å². The molecule has 98 valence electrons. The van der Waals surface area contributed by atoms with E-state index in [1.807, 2.05) is 6.92 Å². The van der Waals surface area contributed by atoms with Gasteiger partial charge < -0.3 is 15.4 Å². The predicted molar refractivity (Wildman–Crippen MR) is 67.1 cm³/mol. The number of methoxy groups -OCH3 is 1. The molecule has 1 heterocycles. The van der Waals surface area contributed by atoms with Crippen LogP contribution in [0.1, 0.15) is 12.0 Å². The largest absolute Gasteiger partial charge is 0.385 e. The van der Waals surface area contributed by atoms with Crippen LogP contribution in [0.4, 0.5) is 5.82 Å². The van der Waals surface area contributed by atoms with E-state index in [1.165, 1.54) is 0 Å².